The van der Waals surface area contributed by atoms with Gasteiger partial charge in [0.2, 0.25) is 0 Å². The lowest BCUT2D eigenvalue weighted by Crippen LogP contribution is -2.60. The van der Waals surface area contributed by atoms with E-state index in [-0.39, 0.29) is 16.9 Å². The van der Waals surface area contributed by atoms with Crippen molar-refractivity contribution in [1.29, 1.82) is 0 Å². The van der Waals surface area contributed by atoms with Gasteiger partial charge in [-0.3, -0.25) is 4.90 Å². The van der Waals surface area contributed by atoms with Crippen molar-refractivity contribution in [2.45, 2.75) is 58.4 Å². The lowest BCUT2D eigenvalue weighted by atomic mass is 9.65. The Morgan fingerprint density at radius 3 is 1.85 bits per heavy atom. The Balaban J connectivity index is 1.80. The topological polar surface area (TPSA) is 44.0 Å². The molecule has 0 bridgehead atoms. The molecule has 2 N–H and O–H groups in total. The average molecular weight is 521 g/mol. The minimum Gasteiger partial charge on any atom is -0.342 e. The van der Waals surface area contributed by atoms with Gasteiger partial charge in [-0.05, 0) is 34.9 Å². The van der Waals surface area contributed by atoms with Gasteiger partial charge < -0.3 is 10.3 Å². The standard InChI is InChI=1S/C35H44N4/c1-25(2)35(39-23-21-36-22-24-39,31(27-15-9-7-10-16-27)28-17-11-8-12-18-28)32-26(3)37-33(38-32)29-19-13-14-20-30(29)34(4,5)6/h7-20,25,31,36H,21-24H2,1-6H3,(H,37,38). The van der Waals surface area contributed by atoms with Crippen molar-refractivity contribution in [2.75, 3.05) is 26.2 Å². The third kappa shape index (κ3) is 5.08. The number of hydrogen-bond acceptors (Lipinski definition) is 3. The maximum atomic E-state index is 5.58. The number of benzene rings is 3. The zero-order valence-electron chi connectivity index (χ0n) is 24.5. The number of hydrogen-bond donors (Lipinski definition) is 2. The smallest absolute Gasteiger partial charge is 0.138 e. The SMILES string of the molecule is Cc1[nH]c(-c2ccccc2C(C)(C)C)nc1C(C(C)C)(C(c1ccccc1)c1ccccc1)N1CCNCC1. The molecule has 1 aliphatic rings. The maximum absolute atomic E-state index is 5.58. The highest BCUT2D eigenvalue weighted by Crippen LogP contribution is 2.51. The molecule has 204 valence electrons. The fourth-order valence-electron chi connectivity index (χ4n) is 6.79. The largest absolute Gasteiger partial charge is 0.342 e. The van der Waals surface area contributed by atoms with Crippen molar-refractivity contribution in [3.63, 3.8) is 0 Å². The summed E-state index contributed by atoms with van der Waals surface area (Å²) in [5.74, 6) is 1.38. The number of nitrogens with zero attached hydrogens (tertiary/aromatic N) is 2. The number of H-pyrrole nitrogens is 1. The number of piperazine rings is 1. The first-order valence-electron chi connectivity index (χ1n) is 14.5. The van der Waals surface area contributed by atoms with E-state index >= 15 is 0 Å². The second-order valence-electron chi connectivity index (χ2n) is 12.3. The van der Waals surface area contributed by atoms with Crippen LogP contribution in [0.2, 0.25) is 0 Å². The molecule has 0 spiro atoms. The van der Waals surface area contributed by atoms with E-state index in [4.69, 9.17) is 4.98 Å². The summed E-state index contributed by atoms with van der Waals surface area (Å²) in [5.41, 5.74) is 7.14. The van der Waals surface area contributed by atoms with Crippen LogP contribution < -0.4 is 5.32 Å². The number of imidazole rings is 1. The zero-order chi connectivity index (χ0) is 27.6. The molecule has 1 unspecified atom stereocenters. The third-order valence-electron chi connectivity index (χ3n) is 8.48. The van der Waals surface area contributed by atoms with Crippen LogP contribution in [0.4, 0.5) is 0 Å². The van der Waals surface area contributed by atoms with Crippen LogP contribution in [0.5, 0.6) is 0 Å². The molecule has 0 aliphatic carbocycles. The van der Waals surface area contributed by atoms with Crippen LogP contribution in [0.3, 0.4) is 0 Å². The fraction of sp³-hybridized carbons (Fsp3) is 0.400. The van der Waals surface area contributed by atoms with Crippen molar-refractivity contribution in [3.05, 3.63) is 113 Å². The van der Waals surface area contributed by atoms with Crippen LogP contribution in [-0.4, -0.2) is 41.0 Å². The highest BCUT2D eigenvalue weighted by atomic mass is 15.3. The van der Waals surface area contributed by atoms with Gasteiger partial charge >= 0.3 is 0 Å². The molecule has 1 saturated heterocycles. The first-order chi connectivity index (χ1) is 18.7. The fourth-order valence-corrected chi connectivity index (χ4v) is 6.79. The summed E-state index contributed by atoms with van der Waals surface area (Å²) in [4.78, 5) is 12.1. The zero-order valence-corrected chi connectivity index (χ0v) is 24.5. The van der Waals surface area contributed by atoms with Crippen LogP contribution in [0.25, 0.3) is 11.4 Å². The molecule has 1 aliphatic heterocycles. The number of aromatic nitrogens is 2. The predicted octanol–water partition coefficient (Wildman–Crippen LogP) is 7.27. The molecular weight excluding hydrogens is 476 g/mol. The van der Waals surface area contributed by atoms with Crippen LogP contribution in [0.1, 0.15) is 68.6 Å². The molecule has 2 heterocycles. The van der Waals surface area contributed by atoms with Gasteiger partial charge in [0, 0.05) is 43.4 Å². The highest BCUT2D eigenvalue weighted by molar-refractivity contribution is 5.63. The molecule has 4 nitrogen and oxygen atoms in total. The molecule has 0 radical (unpaired) electrons. The van der Waals surface area contributed by atoms with Crippen molar-refractivity contribution in [3.8, 4) is 11.4 Å². The van der Waals surface area contributed by atoms with Crippen molar-refractivity contribution < 1.29 is 0 Å². The first kappa shape index (κ1) is 27.4. The normalized spacial score (nSPS) is 16.5. The Hall–Kier alpha value is -3.21. The average Bonchev–Trinajstić information content (AvgIpc) is 3.34. The molecule has 0 amide bonds. The minimum atomic E-state index is -0.347. The number of rotatable bonds is 7. The molecule has 0 saturated carbocycles. The van der Waals surface area contributed by atoms with Crippen molar-refractivity contribution in [2.24, 2.45) is 5.92 Å². The van der Waals surface area contributed by atoms with Crippen LogP contribution in [0, 0.1) is 12.8 Å². The van der Waals surface area contributed by atoms with Gasteiger partial charge in [-0.15, -0.1) is 0 Å². The molecule has 1 fully saturated rings. The van der Waals surface area contributed by atoms with Crippen molar-refractivity contribution >= 4 is 0 Å². The van der Waals surface area contributed by atoms with Crippen molar-refractivity contribution in [1.82, 2.24) is 20.2 Å². The van der Waals surface area contributed by atoms with Gasteiger partial charge in [0.15, 0.2) is 0 Å². The van der Waals surface area contributed by atoms with Gasteiger partial charge in [-0.1, -0.05) is 120 Å². The number of aryl methyl sites for hydroxylation is 1. The first-order valence-corrected chi connectivity index (χ1v) is 14.5. The molecule has 5 rings (SSSR count). The molecule has 39 heavy (non-hydrogen) atoms. The molecule has 4 aromatic rings. The van der Waals surface area contributed by atoms with Crippen LogP contribution in [0.15, 0.2) is 84.9 Å². The van der Waals surface area contributed by atoms with Gasteiger partial charge in [0.25, 0.3) is 0 Å². The molecule has 1 aromatic heterocycles. The molecule has 4 heteroatoms. The second-order valence-corrected chi connectivity index (χ2v) is 12.3. The van der Waals surface area contributed by atoms with E-state index < -0.39 is 0 Å². The summed E-state index contributed by atoms with van der Waals surface area (Å²) in [6.45, 7) is 17.8. The highest BCUT2D eigenvalue weighted by Gasteiger charge is 2.52. The Bertz CT molecular complexity index is 1320. The number of aromatic amines is 1. The predicted molar refractivity (Wildman–Crippen MR) is 163 cm³/mol. The van der Waals surface area contributed by atoms with Gasteiger partial charge in [-0.25, -0.2) is 4.98 Å². The Labute approximate surface area is 234 Å². The van der Waals surface area contributed by atoms with E-state index in [1.165, 1.54) is 22.3 Å². The summed E-state index contributed by atoms with van der Waals surface area (Å²) in [7, 11) is 0. The monoisotopic (exact) mass is 520 g/mol. The summed E-state index contributed by atoms with van der Waals surface area (Å²) >= 11 is 0. The summed E-state index contributed by atoms with van der Waals surface area (Å²) in [6.07, 6.45) is 0. The van der Waals surface area contributed by atoms with E-state index in [2.05, 4.69) is 142 Å². The summed E-state index contributed by atoms with van der Waals surface area (Å²) in [6, 6.07) is 30.9. The van der Waals surface area contributed by atoms with Gasteiger partial charge in [0.05, 0.1) is 11.2 Å². The molecule has 1 atom stereocenters. The number of nitrogens with one attached hydrogen (secondary N) is 2. The van der Waals surface area contributed by atoms with E-state index in [0.29, 0.717) is 5.92 Å². The Morgan fingerprint density at radius 1 is 0.769 bits per heavy atom. The quantitative estimate of drug-likeness (QED) is 0.269. The van der Waals surface area contributed by atoms with Gasteiger partial charge in [-0.2, -0.15) is 0 Å². The molecular formula is C35H44N4. The Morgan fingerprint density at radius 2 is 1.31 bits per heavy atom. The molecule has 3 aromatic carbocycles. The van der Waals surface area contributed by atoms with E-state index in [9.17, 15) is 0 Å². The van der Waals surface area contributed by atoms with Crippen LogP contribution >= 0.6 is 0 Å². The summed E-state index contributed by atoms with van der Waals surface area (Å²) < 4.78 is 0. The van der Waals surface area contributed by atoms with E-state index in [1.807, 2.05) is 0 Å². The third-order valence-corrected chi connectivity index (χ3v) is 8.48. The lowest BCUT2D eigenvalue weighted by Gasteiger charge is -2.53. The Kier molecular flexibility index (Phi) is 7.80. The van der Waals surface area contributed by atoms with Crippen LogP contribution in [-0.2, 0) is 11.0 Å². The summed E-state index contributed by atoms with van der Waals surface area (Å²) in [5, 5.41) is 3.60. The van der Waals surface area contributed by atoms with E-state index in [0.717, 1.165) is 43.4 Å². The van der Waals surface area contributed by atoms with Gasteiger partial charge in [0.1, 0.15) is 5.82 Å². The minimum absolute atomic E-state index is 0.0156. The lowest BCUT2D eigenvalue weighted by molar-refractivity contribution is 0.0108. The second kappa shape index (κ2) is 11.1. The van der Waals surface area contributed by atoms with E-state index in [1.54, 1.807) is 0 Å². The maximum Gasteiger partial charge on any atom is 0.138 e.